The number of imidazole rings is 1. The monoisotopic (exact) mass is 291 g/mol. The largest absolute Gasteiger partial charge is 0.330 e. The van der Waals surface area contributed by atoms with E-state index in [2.05, 4.69) is 19.8 Å². The lowest BCUT2D eigenvalue weighted by Crippen LogP contribution is -2.43. The number of aromatic nitrogens is 2. The first-order valence-corrected chi connectivity index (χ1v) is 7.56. The molecular formula is C15H22FN5. The van der Waals surface area contributed by atoms with E-state index in [1.165, 1.54) is 12.1 Å². The molecule has 21 heavy (non-hydrogen) atoms. The molecule has 2 aromatic rings. The van der Waals surface area contributed by atoms with E-state index in [1.54, 1.807) is 0 Å². The van der Waals surface area contributed by atoms with E-state index in [0.717, 1.165) is 62.5 Å². The maximum absolute atomic E-state index is 13.4. The van der Waals surface area contributed by atoms with E-state index < -0.39 is 0 Å². The van der Waals surface area contributed by atoms with E-state index in [9.17, 15) is 4.39 Å². The average Bonchev–Trinajstić information content (AvgIpc) is 2.82. The number of hydrogen-bond donors (Lipinski definition) is 2. The Morgan fingerprint density at radius 1 is 1.29 bits per heavy atom. The van der Waals surface area contributed by atoms with Crippen molar-refractivity contribution in [2.75, 3.05) is 32.7 Å². The summed E-state index contributed by atoms with van der Waals surface area (Å²) < 4.78 is 15.6. The first-order chi connectivity index (χ1) is 10.3. The summed E-state index contributed by atoms with van der Waals surface area (Å²) in [7, 11) is 0. The predicted octanol–water partition coefficient (Wildman–Crippen LogP) is 0.929. The van der Waals surface area contributed by atoms with Gasteiger partial charge in [-0.05, 0) is 25.1 Å². The predicted molar refractivity (Wildman–Crippen MR) is 81.5 cm³/mol. The fourth-order valence-electron chi connectivity index (χ4n) is 2.84. The fraction of sp³-hybridized carbons (Fsp3) is 0.533. The van der Waals surface area contributed by atoms with Crippen LogP contribution in [0.25, 0.3) is 11.0 Å². The van der Waals surface area contributed by atoms with Crippen LogP contribution in [0.1, 0.15) is 12.2 Å². The van der Waals surface area contributed by atoms with Gasteiger partial charge in [0.15, 0.2) is 0 Å². The molecule has 1 aromatic carbocycles. The number of rotatable bonds is 5. The average molecular weight is 291 g/mol. The quantitative estimate of drug-likeness (QED) is 0.860. The van der Waals surface area contributed by atoms with Crippen molar-refractivity contribution in [3.63, 3.8) is 0 Å². The molecule has 1 aromatic heterocycles. The number of fused-ring (bicyclic) bond motifs is 1. The molecule has 6 heteroatoms. The standard InChI is InChI=1S/C15H22FN5/c16-12-2-3-14-13(10-12)19-15(21(14)7-1-4-17)11-20-8-5-18-6-9-20/h2-3,10,18H,1,4-9,11,17H2. The van der Waals surface area contributed by atoms with Gasteiger partial charge in [-0.1, -0.05) is 0 Å². The van der Waals surface area contributed by atoms with Crippen LogP contribution in [-0.2, 0) is 13.1 Å². The van der Waals surface area contributed by atoms with Gasteiger partial charge in [0.05, 0.1) is 17.6 Å². The summed E-state index contributed by atoms with van der Waals surface area (Å²) in [6.07, 6.45) is 0.900. The van der Waals surface area contributed by atoms with Gasteiger partial charge in [-0.25, -0.2) is 9.37 Å². The summed E-state index contributed by atoms with van der Waals surface area (Å²) in [6, 6.07) is 4.82. The smallest absolute Gasteiger partial charge is 0.125 e. The van der Waals surface area contributed by atoms with Gasteiger partial charge in [-0.3, -0.25) is 4.90 Å². The summed E-state index contributed by atoms with van der Waals surface area (Å²) in [5.74, 6) is 0.769. The third kappa shape index (κ3) is 3.23. The Hall–Kier alpha value is -1.50. The van der Waals surface area contributed by atoms with Crippen molar-refractivity contribution < 1.29 is 4.39 Å². The van der Waals surface area contributed by atoms with E-state index in [-0.39, 0.29) is 5.82 Å². The molecule has 0 amide bonds. The first-order valence-electron chi connectivity index (χ1n) is 7.56. The number of halogens is 1. The van der Waals surface area contributed by atoms with Crippen LogP contribution < -0.4 is 11.1 Å². The molecule has 2 heterocycles. The number of hydrogen-bond acceptors (Lipinski definition) is 4. The van der Waals surface area contributed by atoms with Crippen LogP contribution in [0.2, 0.25) is 0 Å². The van der Waals surface area contributed by atoms with Crippen molar-refractivity contribution in [2.45, 2.75) is 19.5 Å². The van der Waals surface area contributed by atoms with Crippen LogP contribution in [0.4, 0.5) is 4.39 Å². The second-order valence-electron chi connectivity index (χ2n) is 5.48. The SMILES string of the molecule is NCCCn1c(CN2CCNCC2)nc2cc(F)ccc21. The van der Waals surface area contributed by atoms with Crippen molar-refractivity contribution in [1.29, 1.82) is 0 Å². The van der Waals surface area contributed by atoms with Crippen LogP contribution in [0, 0.1) is 5.82 Å². The van der Waals surface area contributed by atoms with Crippen LogP contribution in [0.15, 0.2) is 18.2 Å². The van der Waals surface area contributed by atoms with Gasteiger partial charge < -0.3 is 15.6 Å². The highest BCUT2D eigenvalue weighted by molar-refractivity contribution is 5.76. The molecule has 0 radical (unpaired) electrons. The Balaban J connectivity index is 1.90. The zero-order valence-electron chi connectivity index (χ0n) is 12.2. The van der Waals surface area contributed by atoms with Crippen molar-refractivity contribution in [3.8, 4) is 0 Å². The number of nitrogens with two attached hydrogens (primary N) is 1. The van der Waals surface area contributed by atoms with E-state index in [4.69, 9.17) is 5.73 Å². The molecule has 1 fully saturated rings. The number of aryl methyl sites for hydroxylation is 1. The van der Waals surface area contributed by atoms with Crippen molar-refractivity contribution in [1.82, 2.24) is 19.8 Å². The molecule has 0 bridgehead atoms. The van der Waals surface area contributed by atoms with Gasteiger partial charge in [0.25, 0.3) is 0 Å². The third-order valence-corrected chi connectivity index (χ3v) is 3.95. The van der Waals surface area contributed by atoms with Crippen LogP contribution >= 0.6 is 0 Å². The summed E-state index contributed by atoms with van der Waals surface area (Å²) in [5.41, 5.74) is 7.36. The van der Waals surface area contributed by atoms with E-state index in [0.29, 0.717) is 6.54 Å². The zero-order chi connectivity index (χ0) is 14.7. The molecule has 1 aliphatic rings. The highest BCUT2D eigenvalue weighted by Crippen LogP contribution is 2.19. The van der Waals surface area contributed by atoms with Gasteiger partial charge in [-0.2, -0.15) is 0 Å². The van der Waals surface area contributed by atoms with Gasteiger partial charge in [0, 0.05) is 38.8 Å². The van der Waals surface area contributed by atoms with Gasteiger partial charge >= 0.3 is 0 Å². The van der Waals surface area contributed by atoms with Gasteiger partial charge in [0.1, 0.15) is 11.6 Å². The summed E-state index contributed by atoms with van der Waals surface area (Å²) >= 11 is 0. The topological polar surface area (TPSA) is 59.1 Å². The molecule has 3 rings (SSSR count). The summed E-state index contributed by atoms with van der Waals surface area (Å²) in [4.78, 5) is 7.02. The lowest BCUT2D eigenvalue weighted by Gasteiger charge is -2.27. The number of nitrogens with zero attached hydrogens (tertiary/aromatic N) is 3. The normalized spacial score (nSPS) is 16.7. The van der Waals surface area contributed by atoms with Crippen molar-refractivity contribution in [2.24, 2.45) is 5.73 Å². The minimum absolute atomic E-state index is 0.236. The zero-order valence-corrected chi connectivity index (χ0v) is 12.2. The minimum atomic E-state index is -0.236. The summed E-state index contributed by atoms with van der Waals surface area (Å²) in [6.45, 7) is 6.36. The molecule has 0 unspecified atom stereocenters. The second-order valence-corrected chi connectivity index (χ2v) is 5.48. The highest BCUT2D eigenvalue weighted by atomic mass is 19.1. The van der Waals surface area contributed by atoms with Gasteiger partial charge in [-0.15, -0.1) is 0 Å². The fourth-order valence-corrected chi connectivity index (χ4v) is 2.84. The second kappa shape index (κ2) is 6.51. The molecule has 0 spiro atoms. The maximum atomic E-state index is 13.4. The molecule has 114 valence electrons. The third-order valence-electron chi connectivity index (χ3n) is 3.95. The molecule has 1 saturated heterocycles. The number of nitrogens with one attached hydrogen (secondary N) is 1. The highest BCUT2D eigenvalue weighted by Gasteiger charge is 2.16. The molecular weight excluding hydrogens is 269 g/mol. The van der Waals surface area contributed by atoms with E-state index in [1.807, 2.05) is 6.07 Å². The molecule has 0 saturated carbocycles. The van der Waals surface area contributed by atoms with Crippen LogP contribution in [0.3, 0.4) is 0 Å². The Labute approximate surface area is 123 Å². The Bertz CT molecular complexity index is 603. The van der Waals surface area contributed by atoms with Gasteiger partial charge in [0.2, 0.25) is 0 Å². The Kier molecular flexibility index (Phi) is 4.48. The first kappa shape index (κ1) is 14.4. The molecule has 3 N–H and O–H groups in total. The lowest BCUT2D eigenvalue weighted by atomic mass is 10.3. The van der Waals surface area contributed by atoms with Crippen LogP contribution in [-0.4, -0.2) is 47.2 Å². The minimum Gasteiger partial charge on any atom is -0.330 e. The Morgan fingerprint density at radius 2 is 2.10 bits per heavy atom. The maximum Gasteiger partial charge on any atom is 0.125 e. The Morgan fingerprint density at radius 3 is 2.86 bits per heavy atom. The lowest BCUT2D eigenvalue weighted by molar-refractivity contribution is 0.225. The van der Waals surface area contributed by atoms with Crippen LogP contribution in [0.5, 0.6) is 0 Å². The van der Waals surface area contributed by atoms with Crippen molar-refractivity contribution in [3.05, 3.63) is 29.8 Å². The molecule has 0 aliphatic carbocycles. The van der Waals surface area contributed by atoms with E-state index >= 15 is 0 Å². The molecule has 5 nitrogen and oxygen atoms in total. The van der Waals surface area contributed by atoms with Crippen molar-refractivity contribution >= 4 is 11.0 Å². The molecule has 0 atom stereocenters. The summed E-state index contributed by atoms with van der Waals surface area (Å²) in [5, 5.41) is 3.35. The number of piperazine rings is 1. The number of benzene rings is 1. The molecule has 1 aliphatic heterocycles.